The quantitative estimate of drug-likeness (QED) is 0.441. The Morgan fingerprint density at radius 1 is 1.37 bits per heavy atom. The van der Waals surface area contributed by atoms with E-state index in [4.69, 9.17) is 21.1 Å². The normalized spacial score (nSPS) is 17.8. The molecule has 9 nitrogen and oxygen atoms in total. The van der Waals surface area contributed by atoms with E-state index >= 15 is 0 Å². The number of anilines is 1. The number of carbonyl (C=O) groups excluding carboxylic acids is 1. The molecule has 2 atom stereocenters. The van der Waals surface area contributed by atoms with Crippen molar-refractivity contribution in [1.82, 2.24) is 25.2 Å². The Morgan fingerprint density at radius 2 is 2.26 bits per heavy atom. The van der Waals surface area contributed by atoms with Crippen molar-refractivity contribution >= 4 is 48.9 Å². The van der Waals surface area contributed by atoms with Gasteiger partial charge in [0.1, 0.15) is 0 Å². The molecule has 1 amide bonds. The Balaban J connectivity index is 1.14. The van der Waals surface area contributed by atoms with Crippen LogP contribution in [-0.4, -0.2) is 65.7 Å². The number of halogens is 1. The number of pyridine rings is 3. The van der Waals surface area contributed by atoms with Crippen molar-refractivity contribution in [2.45, 2.75) is 19.4 Å². The highest BCUT2D eigenvalue weighted by molar-refractivity contribution is 7.27. The van der Waals surface area contributed by atoms with Gasteiger partial charge in [0.05, 0.1) is 28.9 Å². The van der Waals surface area contributed by atoms with E-state index in [1.165, 1.54) is 5.56 Å². The lowest BCUT2D eigenvalue weighted by Gasteiger charge is -2.19. The van der Waals surface area contributed by atoms with Crippen LogP contribution in [0.15, 0.2) is 24.4 Å². The van der Waals surface area contributed by atoms with Crippen LogP contribution in [0.1, 0.15) is 17.7 Å². The van der Waals surface area contributed by atoms with Crippen molar-refractivity contribution in [3.63, 3.8) is 0 Å². The summed E-state index contributed by atoms with van der Waals surface area (Å²) >= 11 is 6.37. The van der Waals surface area contributed by atoms with Crippen molar-refractivity contribution in [1.29, 1.82) is 0 Å². The molecule has 5 rings (SSSR count). The first-order valence-corrected chi connectivity index (χ1v) is 12.6. The van der Waals surface area contributed by atoms with Gasteiger partial charge in [0.25, 0.3) is 5.91 Å². The van der Waals surface area contributed by atoms with Gasteiger partial charge >= 0.3 is 0 Å². The molecule has 2 aliphatic heterocycles. The second-order valence-electron chi connectivity index (χ2n) is 8.85. The predicted molar refractivity (Wildman–Crippen MR) is 139 cm³/mol. The number of rotatable bonds is 8. The third-order valence-electron chi connectivity index (χ3n) is 6.44. The maximum Gasteiger partial charge on any atom is 0.263 e. The average Bonchev–Trinajstić information content (AvgIpc) is 3.31. The first kappa shape index (κ1) is 24.1. The van der Waals surface area contributed by atoms with E-state index < -0.39 is 0 Å². The number of amides is 1. The Morgan fingerprint density at radius 3 is 3.11 bits per heavy atom. The Hall–Kier alpha value is -2.58. The maximum absolute atomic E-state index is 11.6. The van der Waals surface area contributed by atoms with Gasteiger partial charge in [-0.2, -0.15) is 0 Å². The fourth-order valence-corrected chi connectivity index (χ4v) is 5.15. The van der Waals surface area contributed by atoms with E-state index in [1.807, 2.05) is 18.3 Å². The van der Waals surface area contributed by atoms with Crippen LogP contribution in [0.3, 0.4) is 0 Å². The molecule has 184 valence electrons. The van der Waals surface area contributed by atoms with Crippen molar-refractivity contribution in [3.05, 3.63) is 40.7 Å². The van der Waals surface area contributed by atoms with E-state index in [-0.39, 0.29) is 12.5 Å². The van der Waals surface area contributed by atoms with Gasteiger partial charge in [-0.15, -0.1) is 9.24 Å². The fraction of sp³-hybridized carbons (Fsp3) is 0.417. The molecular formula is C24H28ClN6O3P. The lowest BCUT2D eigenvalue weighted by Crippen LogP contribution is -2.29. The van der Waals surface area contributed by atoms with Crippen LogP contribution in [0, 0.1) is 5.92 Å². The van der Waals surface area contributed by atoms with Gasteiger partial charge in [0, 0.05) is 38.0 Å². The fourth-order valence-electron chi connectivity index (χ4n) is 4.58. The smallest absolute Gasteiger partial charge is 0.263 e. The predicted octanol–water partition coefficient (Wildman–Crippen LogP) is 2.17. The zero-order valence-corrected chi connectivity index (χ0v) is 21.4. The first-order valence-electron chi connectivity index (χ1n) is 11.6. The molecule has 1 fully saturated rings. The van der Waals surface area contributed by atoms with Crippen molar-refractivity contribution in [2.24, 2.45) is 5.92 Å². The zero-order chi connectivity index (χ0) is 24.4. The van der Waals surface area contributed by atoms with Gasteiger partial charge in [-0.05, 0) is 48.8 Å². The Labute approximate surface area is 211 Å². The maximum atomic E-state index is 11.6. The molecule has 2 unspecified atom stereocenters. The molecule has 0 saturated carbocycles. The highest BCUT2D eigenvalue weighted by Gasteiger charge is 2.23. The number of methoxy groups -OCH3 is 1. The molecule has 3 aromatic heterocycles. The monoisotopic (exact) mass is 514 g/mol. The SMILES string of the molecule is COc1ccc2ncc(P)c(CCN3CCC(CNCc4nc5c(cc4Cl)OCC(=O)N5)C3)c2n1. The summed E-state index contributed by atoms with van der Waals surface area (Å²) in [6, 6.07) is 5.51. The Kier molecular flexibility index (Phi) is 7.29. The van der Waals surface area contributed by atoms with Gasteiger partial charge < -0.3 is 25.0 Å². The molecule has 2 N–H and O–H groups in total. The molecule has 11 heteroatoms. The third kappa shape index (κ3) is 5.48. The first-order chi connectivity index (χ1) is 17.0. The van der Waals surface area contributed by atoms with E-state index in [9.17, 15) is 4.79 Å². The molecule has 0 spiro atoms. The highest BCUT2D eigenvalue weighted by Crippen LogP contribution is 2.30. The number of nitrogens with zero attached hydrogens (tertiary/aromatic N) is 4. The van der Waals surface area contributed by atoms with E-state index in [2.05, 4.69) is 39.7 Å². The lowest BCUT2D eigenvalue weighted by molar-refractivity contribution is -0.118. The summed E-state index contributed by atoms with van der Waals surface area (Å²) in [7, 11) is 4.42. The molecule has 0 aromatic carbocycles. The van der Waals surface area contributed by atoms with Gasteiger partial charge in [0.15, 0.2) is 18.2 Å². The lowest BCUT2D eigenvalue weighted by atomic mass is 10.1. The van der Waals surface area contributed by atoms with Crippen molar-refractivity contribution in [3.8, 4) is 11.6 Å². The minimum atomic E-state index is -0.208. The van der Waals surface area contributed by atoms with Crippen molar-refractivity contribution in [2.75, 3.05) is 45.2 Å². The summed E-state index contributed by atoms with van der Waals surface area (Å²) in [4.78, 5) is 27.7. The summed E-state index contributed by atoms with van der Waals surface area (Å²) < 4.78 is 10.7. The second kappa shape index (κ2) is 10.6. The minimum Gasteiger partial charge on any atom is -0.481 e. The van der Waals surface area contributed by atoms with Crippen molar-refractivity contribution < 1.29 is 14.3 Å². The highest BCUT2D eigenvalue weighted by atomic mass is 35.5. The third-order valence-corrected chi connectivity index (χ3v) is 7.26. The number of aromatic nitrogens is 3. The van der Waals surface area contributed by atoms with E-state index in [1.54, 1.807) is 13.2 Å². The van der Waals surface area contributed by atoms with E-state index in [0.29, 0.717) is 40.6 Å². The molecule has 35 heavy (non-hydrogen) atoms. The molecule has 1 saturated heterocycles. The number of nitrogens with one attached hydrogen (secondary N) is 2. The number of likely N-dealkylation sites (tertiary alicyclic amines) is 1. The number of hydrogen-bond donors (Lipinski definition) is 2. The summed E-state index contributed by atoms with van der Waals surface area (Å²) in [6.45, 7) is 4.47. The molecule has 5 heterocycles. The molecule has 0 bridgehead atoms. The summed E-state index contributed by atoms with van der Waals surface area (Å²) in [5.41, 5.74) is 3.69. The van der Waals surface area contributed by atoms with Gasteiger partial charge in [-0.3, -0.25) is 9.78 Å². The van der Waals surface area contributed by atoms with Crippen LogP contribution in [0.4, 0.5) is 5.82 Å². The minimum absolute atomic E-state index is 0.0126. The zero-order valence-electron chi connectivity index (χ0n) is 19.5. The van der Waals surface area contributed by atoms with Gasteiger partial charge in [0.2, 0.25) is 5.88 Å². The summed E-state index contributed by atoms with van der Waals surface area (Å²) in [5, 5.41) is 7.82. The Bertz CT molecular complexity index is 1260. The summed E-state index contributed by atoms with van der Waals surface area (Å²) in [5.74, 6) is 1.89. The van der Waals surface area contributed by atoms with Crippen LogP contribution < -0.4 is 25.4 Å². The number of hydrogen-bond acceptors (Lipinski definition) is 8. The number of ether oxygens (including phenoxy) is 2. The molecule has 3 aromatic rings. The summed E-state index contributed by atoms with van der Waals surface area (Å²) in [6.07, 6.45) is 3.93. The van der Waals surface area contributed by atoms with Crippen LogP contribution in [0.25, 0.3) is 11.0 Å². The van der Waals surface area contributed by atoms with Gasteiger partial charge in [-0.25, -0.2) is 9.97 Å². The largest absolute Gasteiger partial charge is 0.481 e. The van der Waals surface area contributed by atoms with Crippen LogP contribution in [0.5, 0.6) is 11.6 Å². The van der Waals surface area contributed by atoms with Crippen LogP contribution in [0.2, 0.25) is 5.02 Å². The molecule has 0 aliphatic carbocycles. The molecular weight excluding hydrogens is 487 g/mol. The van der Waals surface area contributed by atoms with E-state index in [0.717, 1.165) is 55.4 Å². The van der Waals surface area contributed by atoms with Crippen LogP contribution in [-0.2, 0) is 17.8 Å². The number of carbonyl (C=O) groups is 1. The topological polar surface area (TPSA) is 102 Å². The molecule has 0 radical (unpaired) electrons. The second-order valence-corrected chi connectivity index (χ2v) is 9.88. The standard InChI is InChI=1S/C24H28ClN6O3P/c1-33-22-3-2-17-23(30-22)15(20(35)11-27-17)5-7-31-6-4-14(12-31)9-26-10-18-16(25)8-19-24(28-18)29-21(32)13-34-19/h2-3,8,11,14,26H,4-7,9-10,12-13,35H2,1H3,(H,28,29,32). The molecule has 2 aliphatic rings. The van der Waals surface area contributed by atoms with Crippen LogP contribution >= 0.6 is 20.8 Å². The number of fused-ring (bicyclic) bond motifs is 2. The average molecular weight is 515 g/mol. The van der Waals surface area contributed by atoms with Gasteiger partial charge in [-0.1, -0.05) is 11.6 Å².